The van der Waals surface area contributed by atoms with E-state index in [1.165, 1.54) is 4.90 Å². The number of amides is 6. The van der Waals surface area contributed by atoms with E-state index in [1.807, 2.05) is 134 Å². The summed E-state index contributed by atoms with van der Waals surface area (Å²) in [5.41, 5.74) is 5.16. The minimum Gasteiger partial charge on any atom is -0.493 e. The van der Waals surface area contributed by atoms with Crippen LogP contribution in [-0.2, 0) is 56.4 Å². The number of aliphatic hydroxyl groups is 1. The molecule has 0 radical (unpaired) electrons. The van der Waals surface area contributed by atoms with Gasteiger partial charge < -0.3 is 49.8 Å². The predicted molar refractivity (Wildman–Crippen MR) is 343 cm³/mol. The SMILES string of the molecule is CCOc1cc(C(C)(C)C)ccc1C1=N[C@@](C)(c2ccc(Cl)cc2)[C@@](C)(c2ccc(Cl)cc2)N1C(=O)N1CCN(CC(=O)NCCOCCOCCOCC(=O)N[C@H](C(=O)N2C[C@H](O)C[C@H]2C(=O)NCc2ccc(-c3scnc3C)cc2)C(C)(C)C)CC1. The Balaban J connectivity index is 0.756. The Labute approximate surface area is 531 Å². The number of urea groups is 1. The van der Waals surface area contributed by atoms with Gasteiger partial charge in [-0.3, -0.25) is 34.0 Å². The van der Waals surface area contributed by atoms with Gasteiger partial charge in [0.05, 0.1) is 73.9 Å². The number of nitrogens with one attached hydrogen (secondary N) is 3. The van der Waals surface area contributed by atoms with E-state index in [0.29, 0.717) is 60.0 Å². The van der Waals surface area contributed by atoms with E-state index >= 15 is 4.79 Å². The standard InChI is InChI=1S/C66H85Cl2N9O10S/c1-11-87-54-36-48(63(3,4)5)20-25-52(54)59-73-65(9,46-16-21-49(67)22-17-46)66(10,47-18-23-50(68)24-19-47)77(59)62(83)75-29-27-74(28-30-75)40-55(79)69-26-31-84-32-33-85-34-35-86-41-56(80)72-58(64(6,7)8)61(82)76-39-51(78)37-53(76)60(81)70-38-44-12-14-45(15-13-44)57-43(2)71-42-88-57/h12-25,36,42,51,53,58,78H,11,26-35,37-41H2,1-10H3,(H,69,79)(H,70,81)(H,72,80)/t51-,53+,58-,65+,66-/m1/s1. The summed E-state index contributed by atoms with van der Waals surface area (Å²) < 4.78 is 23.3. The fraction of sp³-hybridized carbons (Fsp3) is 0.500. The van der Waals surface area contributed by atoms with Crippen molar-refractivity contribution in [2.45, 2.75) is 117 Å². The summed E-state index contributed by atoms with van der Waals surface area (Å²) in [6.45, 7) is 23.4. The van der Waals surface area contributed by atoms with E-state index < -0.39 is 46.5 Å². The zero-order valence-corrected chi connectivity index (χ0v) is 54.6. The Bertz CT molecular complexity index is 3250. The minimum absolute atomic E-state index is 0.0379. The van der Waals surface area contributed by atoms with Crippen molar-refractivity contribution in [3.8, 4) is 16.2 Å². The van der Waals surface area contributed by atoms with Gasteiger partial charge in [-0.1, -0.05) is 119 Å². The highest BCUT2D eigenvalue weighted by Crippen LogP contribution is 2.54. The van der Waals surface area contributed by atoms with Crippen LogP contribution in [0.4, 0.5) is 4.79 Å². The number of rotatable bonds is 24. The van der Waals surface area contributed by atoms with E-state index in [1.54, 1.807) is 16.8 Å². The second kappa shape index (κ2) is 29.4. The van der Waals surface area contributed by atoms with Crippen molar-refractivity contribution >= 4 is 70.0 Å². The molecule has 0 aliphatic carbocycles. The Morgan fingerprint density at radius 3 is 2.01 bits per heavy atom. The molecule has 5 aromatic rings. The molecule has 5 atom stereocenters. The first-order chi connectivity index (χ1) is 41.8. The molecule has 0 unspecified atom stereocenters. The number of hydrogen-bond acceptors (Lipinski definition) is 14. The number of ether oxygens (including phenoxy) is 4. The van der Waals surface area contributed by atoms with Crippen molar-refractivity contribution in [3.05, 3.63) is 140 Å². The van der Waals surface area contributed by atoms with Crippen LogP contribution in [0.1, 0.15) is 102 Å². The smallest absolute Gasteiger partial charge is 0.326 e. The number of hydrogen-bond donors (Lipinski definition) is 4. The molecule has 0 saturated carbocycles. The van der Waals surface area contributed by atoms with Gasteiger partial charge in [-0.05, 0) is 103 Å². The number of aryl methyl sites for hydroxylation is 1. The quantitative estimate of drug-likeness (QED) is 0.0427. The number of thiazole rings is 1. The molecule has 3 aliphatic heterocycles. The van der Waals surface area contributed by atoms with Crippen LogP contribution < -0.4 is 20.7 Å². The number of β-amino-alcohol motifs (C(OH)–C–C–N with tert-alkyl or cyclic N) is 1. The van der Waals surface area contributed by atoms with Gasteiger partial charge in [0.25, 0.3) is 0 Å². The Morgan fingerprint density at radius 1 is 0.784 bits per heavy atom. The number of likely N-dealkylation sites (tertiary alicyclic amines) is 1. The number of aromatic nitrogens is 1. The van der Waals surface area contributed by atoms with Crippen LogP contribution in [-0.4, -0.2) is 175 Å². The first-order valence-electron chi connectivity index (χ1n) is 30.1. The van der Waals surface area contributed by atoms with Crippen LogP contribution in [0, 0.1) is 12.3 Å². The summed E-state index contributed by atoms with van der Waals surface area (Å²) >= 11 is 14.5. The zero-order valence-electron chi connectivity index (χ0n) is 52.3. The molecule has 8 rings (SSSR count). The Kier molecular flexibility index (Phi) is 22.6. The summed E-state index contributed by atoms with van der Waals surface area (Å²) in [5, 5.41) is 20.4. The van der Waals surface area contributed by atoms with E-state index in [-0.39, 0.29) is 95.5 Å². The fourth-order valence-electron chi connectivity index (χ4n) is 11.4. The third-order valence-electron chi connectivity index (χ3n) is 16.6. The van der Waals surface area contributed by atoms with E-state index in [0.717, 1.165) is 38.4 Å². The predicted octanol–water partition coefficient (Wildman–Crippen LogP) is 8.73. The van der Waals surface area contributed by atoms with Crippen LogP contribution in [0.2, 0.25) is 10.0 Å². The molecule has 19 nitrogen and oxygen atoms in total. The summed E-state index contributed by atoms with van der Waals surface area (Å²) in [6, 6.07) is 27.0. The number of halogens is 2. The fourth-order valence-corrected chi connectivity index (χ4v) is 12.4. The first-order valence-corrected chi connectivity index (χ1v) is 31.7. The van der Waals surface area contributed by atoms with Crippen LogP contribution >= 0.6 is 34.5 Å². The molecular formula is C66H85Cl2N9O10S. The monoisotopic (exact) mass is 1270 g/mol. The molecule has 474 valence electrons. The maximum atomic E-state index is 15.5. The van der Waals surface area contributed by atoms with Crippen molar-refractivity contribution in [1.82, 2.24) is 40.5 Å². The van der Waals surface area contributed by atoms with Gasteiger partial charge in [0, 0.05) is 62.3 Å². The number of benzene rings is 4. The van der Waals surface area contributed by atoms with Crippen molar-refractivity contribution in [2.75, 3.05) is 92.1 Å². The lowest BCUT2D eigenvalue weighted by atomic mass is 9.71. The van der Waals surface area contributed by atoms with Crippen LogP contribution in [0.5, 0.6) is 5.75 Å². The molecular weight excluding hydrogens is 1180 g/mol. The summed E-state index contributed by atoms with van der Waals surface area (Å²) in [5.74, 6) is -0.422. The van der Waals surface area contributed by atoms with Crippen LogP contribution in [0.15, 0.2) is 101 Å². The number of piperazine rings is 1. The number of aliphatic hydroxyl groups excluding tert-OH is 1. The second-order valence-corrected chi connectivity index (χ2v) is 26.7. The van der Waals surface area contributed by atoms with Gasteiger partial charge in [-0.25, -0.2) is 9.78 Å². The molecule has 2 saturated heterocycles. The molecule has 22 heteroatoms. The van der Waals surface area contributed by atoms with Crippen molar-refractivity contribution in [1.29, 1.82) is 0 Å². The first kappa shape index (κ1) is 67.4. The molecule has 88 heavy (non-hydrogen) atoms. The van der Waals surface area contributed by atoms with Crippen molar-refractivity contribution < 1.29 is 48.0 Å². The lowest BCUT2D eigenvalue weighted by molar-refractivity contribution is -0.144. The summed E-state index contributed by atoms with van der Waals surface area (Å²) in [6.07, 6.45) is -0.818. The maximum Gasteiger partial charge on any atom is 0.326 e. The Morgan fingerprint density at radius 2 is 1.41 bits per heavy atom. The van der Waals surface area contributed by atoms with Gasteiger partial charge >= 0.3 is 6.03 Å². The molecule has 3 aliphatic rings. The Hall–Kier alpha value is -6.49. The molecule has 4 aromatic carbocycles. The lowest BCUT2D eigenvalue weighted by Crippen LogP contribution is -2.61. The largest absolute Gasteiger partial charge is 0.493 e. The summed E-state index contributed by atoms with van der Waals surface area (Å²) in [7, 11) is 0. The number of aliphatic imine (C=N–C) groups is 1. The molecule has 4 N–H and O–H groups in total. The van der Waals surface area contributed by atoms with E-state index in [9.17, 15) is 24.3 Å². The highest BCUT2D eigenvalue weighted by molar-refractivity contribution is 7.13. The van der Waals surface area contributed by atoms with E-state index in [2.05, 4.69) is 61.6 Å². The van der Waals surface area contributed by atoms with Gasteiger partial charge in [0.2, 0.25) is 23.6 Å². The number of amidine groups is 1. The number of carbonyl (C=O) groups excluding carboxylic acids is 5. The molecule has 6 amide bonds. The van der Waals surface area contributed by atoms with Gasteiger partial charge in [-0.15, -0.1) is 11.3 Å². The van der Waals surface area contributed by atoms with E-state index in [4.69, 9.17) is 47.1 Å². The number of nitrogens with zero attached hydrogens (tertiary/aromatic N) is 6. The zero-order chi connectivity index (χ0) is 63.6. The molecule has 2 fully saturated rings. The second-order valence-electron chi connectivity index (χ2n) is 24.9. The highest BCUT2D eigenvalue weighted by Gasteiger charge is 2.60. The number of carbonyl (C=O) groups is 5. The van der Waals surface area contributed by atoms with Crippen molar-refractivity contribution in [2.24, 2.45) is 10.4 Å². The normalized spacial score (nSPS) is 20.2. The third kappa shape index (κ3) is 16.1. The topological polar surface area (TPSA) is 217 Å². The van der Waals surface area contributed by atoms with Crippen LogP contribution in [0.25, 0.3) is 10.4 Å². The average Bonchev–Trinajstić information content (AvgIpc) is 1.54. The molecule has 4 heterocycles. The van der Waals surface area contributed by atoms with Gasteiger partial charge in [0.1, 0.15) is 41.4 Å². The average molecular weight is 1270 g/mol. The highest BCUT2D eigenvalue weighted by atomic mass is 35.5. The third-order valence-corrected chi connectivity index (χ3v) is 18.1. The van der Waals surface area contributed by atoms with Gasteiger partial charge in [-0.2, -0.15) is 0 Å². The maximum absolute atomic E-state index is 15.5. The molecule has 0 bridgehead atoms. The van der Waals surface area contributed by atoms with Gasteiger partial charge in [0.15, 0.2) is 0 Å². The molecule has 0 spiro atoms. The molecule has 1 aromatic heterocycles. The van der Waals surface area contributed by atoms with Crippen molar-refractivity contribution in [3.63, 3.8) is 0 Å². The summed E-state index contributed by atoms with van der Waals surface area (Å²) in [4.78, 5) is 87.4. The minimum atomic E-state index is -1.08. The lowest BCUT2D eigenvalue weighted by Gasteiger charge is -2.47. The van der Waals surface area contributed by atoms with Crippen LogP contribution in [0.3, 0.4) is 0 Å².